The second kappa shape index (κ2) is 6.02. The van der Waals surface area contributed by atoms with E-state index in [9.17, 15) is 22.8 Å². The summed E-state index contributed by atoms with van der Waals surface area (Å²) in [7, 11) is 0. The number of amides is 1. The van der Waals surface area contributed by atoms with E-state index >= 15 is 0 Å². The number of carboxylic acid groups (broad SMARTS) is 1. The molecule has 2 N–H and O–H groups in total. The van der Waals surface area contributed by atoms with Crippen LogP contribution in [-0.2, 0) is 4.79 Å². The number of ether oxygens (including phenoxy) is 1. The molecule has 0 spiro atoms. The van der Waals surface area contributed by atoms with E-state index in [1.807, 2.05) is 0 Å². The average molecular weight is 305 g/mol. The fourth-order valence-corrected chi connectivity index (χ4v) is 1.31. The second-order valence-corrected chi connectivity index (χ2v) is 4.95. The first kappa shape index (κ1) is 16.8. The lowest BCUT2D eigenvalue weighted by Crippen LogP contribution is -2.38. The first-order valence-corrected chi connectivity index (χ1v) is 5.89. The molecule has 0 saturated carbocycles. The number of carbonyl (C=O) groups excluding carboxylic acids is 1. The number of aliphatic carboxylic acids is 1. The zero-order chi connectivity index (χ0) is 16.3. The lowest BCUT2D eigenvalue weighted by Gasteiger charge is -2.19. The van der Waals surface area contributed by atoms with Crippen LogP contribution < -0.4 is 10.1 Å². The van der Waals surface area contributed by atoms with Crippen molar-refractivity contribution in [2.24, 2.45) is 5.41 Å². The highest BCUT2D eigenvalue weighted by atomic mass is 19.4. The van der Waals surface area contributed by atoms with Gasteiger partial charge in [-0.05, 0) is 32.0 Å². The number of alkyl halides is 3. The van der Waals surface area contributed by atoms with Gasteiger partial charge < -0.3 is 15.2 Å². The number of carbonyl (C=O) groups is 2. The molecular weight excluding hydrogens is 291 g/mol. The molecule has 21 heavy (non-hydrogen) atoms. The Hall–Kier alpha value is -2.25. The Morgan fingerprint density at radius 2 is 1.90 bits per heavy atom. The van der Waals surface area contributed by atoms with Crippen LogP contribution in [-0.4, -0.2) is 29.9 Å². The van der Waals surface area contributed by atoms with Gasteiger partial charge in [-0.3, -0.25) is 9.59 Å². The second-order valence-electron chi connectivity index (χ2n) is 4.95. The smallest absolute Gasteiger partial charge is 0.481 e. The van der Waals surface area contributed by atoms with E-state index in [2.05, 4.69) is 10.1 Å². The molecule has 1 rings (SSSR count). The highest BCUT2D eigenvalue weighted by Crippen LogP contribution is 2.23. The van der Waals surface area contributed by atoms with Gasteiger partial charge in [0, 0.05) is 12.1 Å². The lowest BCUT2D eigenvalue weighted by molar-refractivity contribution is -0.274. The molecule has 8 heteroatoms. The number of carboxylic acids is 1. The van der Waals surface area contributed by atoms with Crippen LogP contribution in [0.2, 0.25) is 0 Å². The van der Waals surface area contributed by atoms with Gasteiger partial charge in [0.05, 0.1) is 5.41 Å². The van der Waals surface area contributed by atoms with E-state index in [0.717, 1.165) is 12.1 Å². The van der Waals surface area contributed by atoms with Crippen molar-refractivity contribution in [2.45, 2.75) is 20.2 Å². The molecule has 0 saturated heterocycles. The van der Waals surface area contributed by atoms with E-state index in [1.165, 1.54) is 26.0 Å². The minimum atomic E-state index is -4.85. The predicted octanol–water partition coefficient (Wildman–Crippen LogP) is 2.43. The minimum absolute atomic E-state index is 0.0575. The van der Waals surface area contributed by atoms with Crippen LogP contribution in [0.1, 0.15) is 24.2 Å². The molecule has 0 aliphatic heterocycles. The topological polar surface area (TPSA) is 75.6 Å². The third-order valence-electron chi connectivity index (χ3n) is 2.60. The van der Waals surface area contributed by atoms with Crippen molar-refractivity contribution in [1.82, 2.24) is 5.32 Å². The molecule has 0 atom stereocenters. The highest BCUT2D eigenvalue weighted by molar-refractivity contribution is 5.94. The monoisotopic (exact) mass is 305 g/mol. The molecule has 0 aromatic heterocycles. The third-order valence-corrected chi connectivity index (χ3v) is 2.60. The van der Waals surface area contributed by atoms with Gasteiger partial charge in [0.2, 0.25) is 0 Å². The van der Waals surface area contributed by atoms with Crippen molar-refractivity contribution in [3.63, 3.8) is 0 Å². The van der Waals surface area contributed by atoms with Gasteiger partial charge >= 0.3 is 12.3 Å². The third kappa shape index (κ3) is 5.33. The molecule has 0 unspecified atom stereocenters. The van der Waals surface area contributed by atoms with E-state index in [0.29, 0.717) is 0 Å². The van der Waals surface area contributed by atoms with Crippen molar-refractivity contribution in [3.05, 3.63) is 29.8 Å². The van der Waals surface area contributed by atoms with Crippen molar-refractivity contribution in [1.29, 1.82) is 0 Å². The first-order valence-electron chi connectivity index (χ1n) is 5.89. The van der Waals surface area contributed by atoms with Crippen molar-refractivity contribution < 1.29 is 32.6 Å². The van der Waals surface area contributed by atoms with Gasteiger partial charge in [-0.15, -0.1) is 13.2 Å². The van der Waals surface area contributed by atoms with Gasteiger partial charge in [0.1, 0.15) is 5.75 Å². The summed E-state index contributed by atoms with van der Waals surface area (Å²) in [4.78, 5) is 22.7. The molecule has 0 heterocycles. The van der Waals surface area contributed by atoms with Crippen molar-refractivity contribution in [3.8, 4) is 5.75 Å². The van der Waals surface area contributed by atoms with E-state index in [4.69, 9.17) is 5.11 Å². The number of hydrogen-bond donors (Lipinski definition) is 2. The molecule has 0 fully saturated rings. The Labute approximate surface area is 118 Å². The SMILES string of the molecule is CC(C)(CNC(=O)c1cccc(OC(F)(F)F)c1)C(=O)O. The summed E-state index contributed by atoms with van der Waals surface area (Å²) < 4.78 is 39.9. The van der Waals surface area contributed by atoms with Crippen LogP contribution in [0.25, 0.3) is 0 Å². The Kier molecular flexibility index (Phi) is 4.82. The normalized spacial score (nSPS) is 11.9. The largest absolute Gasteiger partial charge is 0.573 e. The number of hydrogen-bond acceptors (Lipinski definition) is 3. The zero-order valence-corrected chi connectivity index (χ0v) is 11.3. The van der Waals surface area contributed by atoms with Crippen LogP contribution in [0, 0.1) is 5.41 Å². The zero-order valence-electron chi connectivity index (χ0n) is 11.3. The molecule has 1 amide bonds. The molecule has 1 aromatic carbocycles. The van der Waals surface area contributed by atoms with E-state index < -0.39 is 29.4 Å². The van der Waals surface area contributed by atoms with Crippen LogP contribution in [0.15, 0.2) is 24.3 Å². The van der Waals surface area contributed by atoms with Gasteiger partial charge in [0.15, 0.2) is 0 Å². The Balaban J connectivity index is 2.75. The average Bonchev–Trinajstić information content (AvgIpc) is 2.34. The maximum Gasteiger partial charge on any atom is 0.573 e. The quantitative estimate of drug-likeness (QED) is 0.876. The Morgan fingerprint density at radius 3 is 2.43 bits per heavy atom. The molecule has 0 bridgehead atoms. The highest BCUT2D eigenvalue weighted by Gasteiger charge is 2.31. The molecule has 0 radical (unpaired) electrons. The Bertz CT molecular complexity index is 540. The van der Waals surface area contributed by atoms with Crippen molar-refractivity contribution >= 4 is 11.9 Å². The number of benzene rings is 1. The summed E-state index contributed by atoms with van der Waals surface area (Å²) in [6.45, 7) is 2.67. The summed E-state index contributed by atoms with van der Waals surface area (Å²) in [5.74, 6) is -2.30. The van der Waals surface area contributed by atoms with Gasteiger partial charge in [0.25, 0.3) is 5.91 Å². The molecule has 1 aromatic rings. The number of rotatable bonds is 5. The summed E-state index contributed by atoms with van der Waals surface area (Å²) in [5.41, 5.74) is -1.24. The molecule has 5 nitrogen and oxygen atoms in total. The standard InChI is InChI=1S/C13H14F3NO4/c1-12(2,11(19)20)7-17-10(18)8-4-3-5-9(6-8)21-13(14,15)16/h3-6H,7H2,1-2H3,(H,17,18)(H,19,20). The summed E-state index contributed by atoms with van der Waals surface area (Å²) >= 11 is 0. The number of nitrogens with one attached hydrogen (secondary N) is 1. The fourth-order valence-electron chi connectivity index (χ4n) is 1.31. The van der Waals surface area contributed by atoms with Crippen LogP contribution in [0.3, 0.4) is 0 Å². The molecular formula is C13H14F3NO4. The van der Waals surface area contributed by atoms with Gasteiger partial charge in [-0.1, -0.05) is 6.07 Å². The summed E-state index contributed by atoms with van der Waals surface area (Å²) in [6.07, 6.45) is -4.85. The molecule has 116 valence electrons. The van der Waals surface area contributed by atoms with Gasteiger partial charge in [-0.2, -0.15) is 0 Å². The summed E-state index contributed by atoms with van der Waals surface area (Å²) in [6, 6.07) is 4.52. The van der Waals surface area contributed by atoms with Crippen LogP contribution in [0.5, 0.6) is 5.75 Å². The maximum absolute atomic E-state index is 12.1. The van der Waals surface area contributed by atoms with Crippen LogP contribution in [0.4, 0.5) is 13.2 Å². The minimum Gasteiger partial charge on any atom is -0.481 e. The summed E-state index contributed by atoms with van der Waals surface area (Å²) in [5, 5.41) is 11.3. The molecule has 0 aliphatic carbocycles. The van der Waals surface area contributed by atoms with E-state index in [-0.39, 0.29) is 12.1 Å². The van der Waals surface area contributed by atoms with E-state index in [1.54, 1.807) is 0 Å². The first-order chi connectivity index (χ1) is 9.51. The number of halogens is 3. The van der Waals surface area contributed by atoms with Gasteiger partial charge in [-0.25, -0.2) is 0 Å². The predicted molar refractivity (Wildman–Crippen MR) is 66.9 cm³/mol. The fraction of sp³-hybridized carbons (Fsp3) is 0.385. The Morgan fingerprint density at radius 1 is 1.29 bits per heavy atom. The van der Waals surface area contributed by atoms with Crippen molar-refractivity contribution in [2.75, 3.05) is 6.54 Å². The molecule has 0 aliphatic rings. The van der Waals surface area contributed by atoms with Crippen LogP contribution >= 0.6 is 0 Å². The lowest BCUT2D eigenvalue weighted by atomic mass is 9.94. The maximum atomic E-state index is 12.1.